The van der Waals surface area contributed by atoms with E-state index in [1.807, 2.05) is 42.5 Å². The first-order valence-corrected chi connectivity index (χ1v) is 11.0. The van der Waals surface area contributed by atoms with Gasteiger partial charge in [-0.3, -0.25) is 14.7 Å². The maximum absolute atomic E-state index is 13.1. The minimum absolute atomic E-state index is 0.178. The van der Waals surface area contributed by atoms with Gasteiger partial charge in [-0.15, -0.1) is 0 Å². The number of hydrogen-bond acceptors (Lipinski definition) is 5. The van der Waals surface area contributed by atoms with E-state index in [4.69, 9.17) is 4.74 Å². The number of benzene rings is 2. The summed E-state index contributed by atoms with van der Waals surface area (Å²) in [7, 11) is 1.62. The quantitative estimate of drug-likeness (QED) is 0.677. The average Bonchev–Trinajstić information content (AvgIpc) is 2.78. The molecule has 1 aromatic heterocycles. The van der Waals surface area contributed by atoms with Crippen LogP contribution in [0.3, 0.4) is 0 Å². The Morgan fingerprint density at radius 1 is 1.10 bits per heavy atom. The molecule has 1 saturated heterocycles. The molecule has 31 heavy (non-hydrogen) atoms. The number of piperazine rings is 1. The molecule has 1 aliphatic heterocycles. The fourth-order valence-corrected chi connectivity index (χ4v) is 4.58. The molecule has 6 nitrogen and oxygen atoms in total. The van der Waals surface area contributed by atoms with Gasteiger partial charge < -0.3 is 15.0 Å². The van der Waals surface area contributed by atoms with Crippen molar-refractivity contribution in [3.05, 3.63) is 60.4 Å². The lowest BCUT2D eigenvalue weighted by Gasteiger charge is -2.43. The number of carbonyl (C=O) groups is 1. The van der Waals surface area contributed by atoms with Crippen LogP contribution in [-0.4, -0.2) is 55.1 Å². The first kappa shape index (κ1) is 19.8. The number of amides is 1. The highest BCUT2D eigenvalue weighted by atomic mass is 16.5. The molecule has 0 atom stereocenters. The van der Waals surface area contributed by atoms with Crippen LogP contribution in [0, 0.1) is 0 Å². The second-order valence-corrected chi connectivity index (χ2v) is 8.35. The number of aromatic nitrogens is 1. The highest BCUT2D eigenvalue weighted by Crippen LogP contribution is 2.30. The van der Waals surface area contributed by atoms with E-state index in [-0.39, 0.29) is 5.91 Å². The standard InChI is InChI=1S/C25H28N4O2/c1-31-24-16-20(29-14-12-28(13-15-29)19-5-3-6-19)8-9-22(24)25(30)27-23-7-2-4-18-17-26-11-10-21(18)23/h2,4,7-11,16-17,19H,3,5-6,12-15H2,1H3,(H,27,30). The van der Waals surface area contributed by atoms with Gasteiger partial charge in [0.2, 0.25) is 0 Å². The van der Waals surface area contributed by atoms with E-state index in [2.05, 4.69) is 20.1 Å². The van der Waals surface area contributed by atoms with Crippen molar-refractivity contribution in [1.29, 1.82) is 0 Å². The van der Waals surface area contributed by atoms with Crippen LogP contribution in [0.4, 0.5) is 11.4 Å². The van der Waals surface area contributed by atoms with Crippen LogP contribution in [-0.2, 0) is 0 Å². The molecule has 1 N–H and O–H groups in total. The molecule has 160 valence electrons. The van der Waals surface area contributed by atoms with Crippen LogP contribution in [0.5, 0.6) is 5.75 Å². The van der Waals surface area contributed by atoms with Crippen molar-refractivity contribution in [2.24, 2.45) is 0 Å². The lowest BCUT2D eigenvalue weighted by molar-refractivity contribution is 0.102. The number of nitrogens with zero attached hydrogens (tertiary/aromatic N) is 3. The second-order valence-electron chi connectivity index (χ2n) is 8.35. The van der Waals surface area contributed by atoms with Crippen LogP contribution < -0.4 is 15.0 Å². The van der Waals surface area contributed by atoms with Crippen molar-refractivity contribution >= 4 is 28.1 Å². The summed E-state index contributed by atoms with van der Waals surface area (Å²) >= 11 is 0. The number of anilines is 2. The largest absolute Gasteiger partial charge is 0.496 e. The number of methoxy groups -OCH3 is 1. The summed E-state index contributed by atoms with van der Waals surface area (Å²) in [6.45, 7) is 4.22. The topological polar surface area (TPSA) is 57.7 Å². The predicted octanol–water partition coefficient (Wildman–Crippen LogP) is 4.17. The molecule has 5 rings (SSSR count). The van der Waals surface area contributed by atoms with Crippen LogP contribution in [0.25, 0.3) is 10.8 Å². The minimum Gasteiger partial charge on any atom is -0.496 e. The molecule has 0 unspecified atom stereocenters. The SMILES string of the molecule is COc1cc(N2CCN(C3CCC3)CC2)ccc1C(=O)Nc1cccc2cnccc12. The van der Waals surface area contributed by atoms with Crippen molar-refractivity contribution in [2.75, 3.05) is 43.5 Å². The lowest BCUT2D eigenvalue weighted by atomic mass is 9.91. The Morgan fingerprint density at radius 2 is 1.94 bits per heavy atom. The lowest BCUT2D eigenvalue weighted by Crippen LogP contribution is -2.52. The van der Waals surface area contributed by atoms with E-state index < -0.39 is 0 Å². The van der Waals surface area contributed by atoms with Gasteiger partial charge in [0.15, 0.2) is 0 Å². The Kier molecular flexibility index (Phi) is 5.47. The van der Waals surface area contributed by atoms with Crippen molar-refractivity contribution in [3.8, 4) is 5.75 Å². The molecule has 2 heterocycles. The minimum atomic E-state index is -0.178. The number of fused-ring (bicyclic) bond motifs is 1. The zero-order valence-electron chi connectivity index (χ0n) is 17.9. The molecule has 2 aromatic carbocycles. The van der Waals surface area contributed by atoms with Gasteiger partial charge in [0.05, 0.1) is 12.7 Å². The second kappa shape index (κ2) is 8.55. The molecule has 6 heteroatoms. The maximum atomic E-state index is 13.1. The molecule has 3 aromatic rings. The Hall–Kier alpha value is -3.12. The summed E-state index contributed by atoms with van der Waals surface area (Å²) < 4.78 is 5.60. The van der Waals surface area contributed by atoms with Gasteiger partial charge in [-0.2, -0.15) is 0 Å². The monoisotopic (exact) mass is 416 g/mol. The summed E-state index contributed by atoms with van der Waals surface area (Å²) in [5.41, 5.74) is 2.41. The van der Waals surface area contributed by atoms with E-state index in [9.17, 15) is 4.79 Å². The van der Waals surface area contributed by atoms with Crippen LogP contribution >= 0.6 is 0 Å². The molecule has 2 aliphatic rings. The summed E-state index contributed by atoms with van der Waals surface area (Å²) in [5.74, 6) is 0.417. The third-order valence-electron chi connectivity index (χ3n) is 6.63. The fourth-order valence-electron chi connectivity index (χ4n) is 4.58. The van der Waals surface area contributed by atoms with Crippen LogP contribution in [0.15, 0.2) is 54.9 Å². The van der Waals surface area contributed by atoms with E-state index >= 15 is 0 Å². The van der Waals surface area contributed by atoms with E-state index in [0.717, 1.165) is 54.4 Å². The summed E-state index contributed by atoms with van der Waals surface area (Å²) in [6, 6.07) is 14.4. The van der Waals surface area contributed by atoms with Gasteiger partial charge in [-0.25, -0.2) is 0 Å². The maximum Gasteiger partial charge on any atom is 0.259 e. The molecule has 0 radical (unpaired) electrons. The van der Waals surface area contributed by atoms with E-state index in [0.29, 0.717) is 11.3 Å². The van der Waals surface area contributed by atoms with Crippen molar-refractivity contribution in [2.45, 2.75) is 25.3 Å². The smallest absolute Gasteiger partial charge is 0.259 e. The Labute approximate surface area is 182 Å². The van der Waals surface area contributed by atoms with Crippen LogP contribution in [0.1, 0.15) is 29.6 Å². The number of nitrogens with one attached hydrogen (secondary N) is 1. The Balaban J connectivity index is 1.32. The molecule has 0 spiro atoms. The van der Waals surface area contributed by atoms with E-state index in [1.165, 1.54) is 19.3 Å². The van der Waals surface area contributed by atoms with Crippen molar-refractivity contribution in [1.82, 2.24) is 9.88 Å². The van der Waals surface area contributed by atoms with Gasteiger partial charge in [0.25, 0.3) is 5.91 Å². The Morgan fingerprint density at radius 3 is 2.68 bits per heavy atom. The van der Waals surface area contributed by atoms with Crippen molar-refractivity contribution in [3.63, 3.8) is 0 Å². The number of carbonyl (C=O) groups excluding carboxylic acids is 1. The predicted molar refractivity (Wildman–Crippen MR) is 124 cm³/mol. The van der Waals surface area contributed by atoms with Gasteiger partial charge in [0, 0.05) is 72.8 Å². The van der Waals surface area contributed by atoms with Gasteiger partial charge in [0.1, 0.15) is 5.75 Å². The fraction of sp³-hybridized carbons (Fsp3) is 0.360. The molecule has 2 fully saturated rings. The number of pyridine rings is 1. The highest BCUT2D eigenvalue weighted by Gasteiger charge is 2.28. The third kappa shape index (κ3) is 3.95. The van der Waals surface area contributed by atoms with Gasteiger partial charge >= 0.3 is 0 Å². The first-order chi connectivity index (χ1) is 15.2. The highest BCUT2D eigenvalue weighted by molar-refractivity contribution is 6.10. The average molecular weight is 417 g/mol. The van der Waals surface area contributed by atoms with Gasteiger partial charge in [-0.05, 0) is 37.1 Å². The molecular weight excluding hydrogens is 388 g/mol. The molecular formula is C25H28N4O2. The summed E-state index contributed by atoms with van der Waals surface area (Å²) in [6.07, 6.45) is 7.61. The molecule has 1 aliphatic carbocycles. The normalized spacial score (nSPS) is 17.4. The van der Waals surface area contributed by atoms with E-state index in [1.54, 1.807) is 19.5 Å². The zero-order chi connectivity index (χ0) is 21.2. The number of rotatable bonds is 5. The molecule has 0 bridgehead atoms. The Bertz CT molecular complexity index is 1080. The van der Waals surface area contributed by atoms with Crippen LogP contribution in [0.2, 0.25) is 0 Å². The molecule has 1 saturated carbocycles. The van der Waals surface area contributed by atoms with Crippen molar-refractivity contribution < 1.29 is 9.53 Å². The first-order valence-electron chi connectivity index (χ1n) is 11.0. The zero-order valence-corrected chi connectivity index (χ0v) is 17.9. The molecule has 1 amide bonds. The summed E-state index contributed by atoms with van der Waals surface area (Å²) in [4.78, 5) is 22.2. The summed E-state index contributed by atoms with van der Waals surface area (Å²) in [5, 5.41) is 4.99. The third-order valence-corrected chi connectivity index (χ3v) is 6.63. The van der Waals surface area contributed by atoms with Gasteiger partial charge in [-0.1, -0.05) is 18.6 Å². The number of ether oxygens (including phenoxy) is 1. The number of hydrogen-bond donors (Lipinski definition) is 1.